The zero-order chi connectivity index (χ0) is 17.9. The Hall–Kier alpha value is -0.160. The third kappa shape index (κ3) is 23.8. The molecule has 2 aliphatic rings. The molecular formula is C22H52N2O2. The Kier molecular flexibility index (Phi) is 29.2. The first-order valence-corrected chi connectivity index (χ1v) is 11.3. The summed E-state index contributed by atoms with van der Waals surface area (Å²) in [6, 6.07) is 0. The fraction of sp³-hybridized carbons (Fsp3) is 1.00. The molecule has 0 bridgehead atoms. The summed E-state index contributed by atoms with van der Waals surface area (Å²) < 4.78 is 0. The maximum absolute atomic E-state index is 2.28. The van der Waals surface area contributed by atoms with E-state index < -0.39 is 0 Å². The predicted octanol–water partition coefficient (Wildman–Crippen LogP) is 3.16. The van der Waals surface area contributed by atoms with Gasteiger partial charge in [0.2, 0.25) is 0 Å². The van der Waals surface area contributed by atoms with Crippen LogP contribution < -0.4 is 9.80 Å². The molecule has 0 atom stereocenters. The van der Waals surface area contributed by atoms with Crippen LogP contribution in [0.2, 0.25) is 0 Å². The second-order valence-corrected chi connectivity index (χ2v) is 8.16. The van der Waals surface area contributed by atoms with Crippen LogP contribution >= 0.6 is 0 Å². The molecule has 2 fully saturated rings. The van der Waals surface area contributed by atoms with Crippen LogP contribution in [0.15, 0.2) is 0 Å². The number of likely N-dealkylation sites (tertiary alicyclic amines) is 2. The van der Waals surface area contributed by atoms with E-state index in [1.165, 1.54) is 116 Å². The van der Waals surface area contributed by atoms with E-state index >= 15 is 0 Å². The Morgan fingerprint density at radius 2 is 0.731 bits per heavy atom. The Bertz CT molecular complexity index is 204. The van der Waals surface area contributed by atoms with E-state index in [4.69, 9.17) is 0 Å². The smallest absolute Gasteiger partial charge is 0.0768 e. The van der Waals surface area contributed by atoms with E-state index in [9.17, 15) is 0 Å². The van der Waals surface area contributed by atoms with Crippen LogP contribution in [0.5, 0.6) is 0 Å². The Balaban J connectivity index is -0.000000299. The largest absolute Gasteiger partial charge is 0.870 e. The molecule has 0 amide bonds. The van der Waals surface area contributed by atoms with Gasteiger partial charge in [-0.05, 0) is 38.5 Å². The fourth-order valence-electron chi connectivity index (χ4n) is 3.52. The maximum atomic E-state index is 2.28. The van der Waals surface area contributed by atoms with Gasteiger partial charge in [0.1, 0.15) is 0 Å². The van der Waals surface area contributed by atoms with Gasteiger partial charge in [0.05, 0.1) is 40.3 Å². The molecule has 0 spiro atoms. The third-order valence-electron chi connectivity index (χ3n) is 5.37. The van der Waals surface area contributed by atoms with Gasteiger partial charge in [0, 0.05) is 0 Å². The molecule has 2 heterocycles. The van der Waals surface area contributed by atoms with Crippen molar-refractivity contribution in [1.29, 1.82) is 0 Å². The zero-order valence-corrected chi connectivity index (χ0v) is 18.6. The quantitative estimate of drug-likeness (QED) is 0.670. The van der Waals surface area contributed by atoms with Gasteiger partial charge in [-0.1, -0.05) is 65.2 Å². The second-order valence-electron chi connectivity index (χ2n) is 8.16. The number of piperidine rings is 2. The maximum Gasteiger partial charge on any atom is 0.0768 e. The molecule has 0 radical (unpaired) electrons. The van der Waals surface area contributed by atoms with Crippen LogP contribution in [0.4, 0.5) is 0 Å². The number of rotatable bonds is 7. The topological polar surface area (TPSA) is 68.9 Å². The van der Waals surface area contributed by atoms with E-state index in [1.54, 1.807) is 9.80 Å². The van der Waals surface area contributed by atoms with E-state index in [-0.39, 0.29) is 11.0 Å². The van der Waals surface area contributed by atoms with Crippen molar-refractivity contribution in [1.82, 2.24) is 0 Å². The second kappa shape index (κ2) is 24.8. The van der Waals surface area contributed by atoms with Crippen molar-refractivity contribution in [3.63, 3.8) is 0 Å². The highest BCUT2D eigenvalue weighted by Gasteiger charge is 2.06. The minimum absolute atomic E-state index is 0. The molecule has 0 aromatic carbocycles. The van der Waals surface area contributed by atoms with Gasteiger partial charge in [-0.15, -0.1) is 0 Å². The van der Waals surface area contributed by atoms with Crippen LogP contribution in [-0.2, 0) is 0 Å². The molecule has 26 heavy (non-hydrogen) atoms. The third-order valence-corrected chi connectivity index (χ3v) is 5.37. The average molecular weight is 377 g/mol. The summed E-state index contributed by atoms with van der Waals surface area (Å²) in [5.41, 5.74) is 0. The van der Waals surface area contributed by atoms with Gasteiger partial charge >= 0.3 is 0 Å². The monoisotopic (exact) mass is 376 g/mol. The molecule has 162 valence electrons. The van der Waals surface area contributed by atoms with Crippen molar-refractivity contribution >= 4 is 0 Å². The Labute approximate surface area is 165 Å². The van der Waals surface area contributed by atoms with Crippen LogP contribution in [0, 0.1) is 0 Å². The Morgan fingerprint density at radius 1 is 0.462 bits per heavy atom. The van der Waals surface area contributed by atoms with Crippen LogP contribution in [0.25, 0.3) is 0 Å². The normalized spacial score (nSPS) is 17.5. The van der Waals surface area contributed by atoms with Crippen molar-refractivity contribution in [3.05, 3.63) is 0 Å². The first-order valence-electron chi connectivity index (χ1n) is 11.3. The number of hydrogen-bond donors (Lipinski definition) is 2. The summed E-state index contributed by atoms with van der Waals surface area (Å²) in [5, 5.41) is 0. The van der Waals surface area contributed by atoms with E-state index in [0.29, 0.717) is 0 Å². The van der Waals surface area contributed by atoms with E-state index in [1.807, 2.05) is 0 Å². The van der Waals surface area contributed by atoms with Gasteiger partial charge in [0.25, 0.3) is 0 Å². The van der Waals surface area contributed by atoms with Gasteiger partial charge in [-0.25, -0.2) is 0 Å². The number of unbranched alkanes of at least 4 members (excludes halogenated alkanes) is 7. The first kappa shape index (κ1) is 30.6. The molecule has 2 saturated heterocycles. The summed E-state index contributed by atoms with van der Waals surface area (Å²) in [6.07, 6.45) is 20.2. The molecule has 2 rings (SSSR count). The highest BCUT2D eigenvalue weighted by Crippen LogP contribution is 2.07. The number of hydrogen-bond acceptors (Lipinski definition) is 2. The highest BCUT2D eigenvalue weighted by molar-refractivity contribution is 4.44. The molecule has 2 aliphatic heterocycles. The zero-order valence-electron chi connectivity index (χ0n) is 18.6. The van der Waals surface area contributed by atoms with Crippen molar-refractivity contribution in [2.75, 3.05) is 40.3 Å². The molecule has 4 heteroatoms. The molecule has 4 N–H and O–H groups in total. The van der Waals surface area contributed by atoms with Crippen LogP contribution in [0.1, 0.15) is 104 Å². The predicted molar refractivity (Wildman–Crippen MR) is 113 cm³/mol. The standard InChI is InChI=1S/C10H22.2C6H13N.2H2O/c1-3-5-7-9-10-8-6-4-2;2*1-7-5-3-2-4-6-7;;/h3-10H2,1-2H3;2*2-6H2,1H3;2*1H2. The van der Waals surface area contributed by atoms with Gasteiger partial charge in [-0.3, -0.25) is 0 Å². The van der Waals surface area contributed by atoms with Crippen molar-refractivity contribution < 1.29 is 20.8 Å². The summed E-state index contributed by atoms with van der Waals surface area (Å²) >= 11 is 0. The first-order chi connectivity index (χ1) is 11.7. The lowest BCUT2D eigenvalue weighted by atomic mass is 10.1. The molecule has 0 aromatic rings. The highest BCUT2D eigenvalue weighted by atomic mass is 16.0. The van der Waals surface area contributed by atoms with Crippen molar-refractivity contribution in [2.24, 2.45) is 0 Å². The van der Waals surface area contributed by atoms with Crippen molar-refractivity contribution in [3.8, 4) is 0 Å². The fourth-order valence-corrected chi connectivity index (χ4v) is 3.52. The van der Waals surface area contributed by atoms with Crippen LogP contribution in [0.3, 0.4) is 0 Å². The van der Waals surface area contributed by atoms with Gasteiger partial charge in [0.15, 0.2) is 0 Å². The minimum atomic E-state index is 0. The Morgan fingerprint density at radius 3 is 0.923 bits per heavy atom. The van der Waals surface area contributed by atoms with E-state index in [0.717, 1.165) is 0 Å². The molecule has 4 nitrogen and oxygen atoms in total. The molecule has 0 aromatic heterocycles. The average Bonchev–Trinajstić information content (AvgIpc) is 2.61. The van der Waals surface area contributed by atoms with E-state index in [2.05, 4.69) is 27.9 Å². The molecule has 0 saturated carbocycles. The summed E-state index contributed by atoms with van der Waals surface area (Å²) in [4.78, 5) is 3.43. The molecule has 0 unspecified atom stereocenters. The lowest BCUT2D eigenvalue weighted by Gasteiger charge is -2.17. The van der Waals surface area contributed by atoms with Gasteiger partial charge in [-0.2, -0.15) is 0 Å². The lowest BCUT2D eigenvalue weighted by molar-refractivity contribution is -0.884. The molecular weight excluding hydrogens is 324 g/mol. The van der Waals surface area contributed by atoms with Crippen molar-refractivity contribution in [2.45, 2.75) is 104 Å². The number of quaternary nitrogens is 2. The van der Waals surface area contributed by atoms with Gasteiger partial charge < -0.3 is 20.8 Å². The minimum Gasteiger partial charge on any atom is -0.870 e. The summed E-state index contributed by atoms with van der Waals surface area (Å²) in [6.45, 7) is 10.2. The number of nitrogens with one attached hydrogen (secondary N) is 2. The lowest BCUT2D eigenvalue weighted by Crippen LogP contribution is -3.09. The van der Waals surface area contributed by atoms with Crippen LogP contribution in [-0.4, -0.2) is 51.2 Å². The summed E-state index contributed by atoms with van der Waals surface area (Å²) in [5.74, 6) is 0. The molecule has 0 aliphatic carbocycles. The SMILES string of the molecule is CCCCCCCCCC.C[NH+]1CCCCC1.C[NH+]1CCCCC1.[OH-].[OH-]. The summed E-state index contributed by atoms with van der Waals surface area (Å²) in [7, 11) is 4.55.